The maximum absolute atomic E-state index is 12.5. The minimum absolute atomic E-state index is 0.487. The number of hydrogen-bond donors (Lipinski definition) is 0. The van der Waals surface area contributed by atoms with Crippen LogP contribution in [0.1, 0.15) is 16.7 Å². The third kappa shape index (κ3) is 2.76. The lowest BCUT2D eigenvalue weighted by molar-refractivity contribution is -0.137. The molecule has 0 bridgehead atoms. The molecule has 19 heavy (non-hydrogen) atoms. The summed E-state index contributed by atoms with van der Waals surface area (Å²) in [6.45, 7) is 1.86. The van der Waals surface area contributed by atoms with Crippen molar-refractivity contribution < 1.29 is 13.2 Å². The number of aryl methyl sites for hydroxylation is 1. The predicted octanol–water partition coefficient (Wildman–Crippen LogP) is 4.55. The van der Waals surface area contributed by atoms with Gasteiger partial charge in [0.1, 0.15) is 0 Å². The van der Waals surface area contributed by atoms with Crippen molar-refractivity contribution in [3.8, 4) is 17.2 Å². The van der Waals surface area contributed by atoms with Gasteiger partial charge in [0.15, 0.2) is 0 Å². The number of rotatable bonds is 1. The fourth-order valence-corrected chi connectivity index (χ4v) is 1.84. The van der Waals surface area contributed by atoms with E-state index in [1.54, 1.807) is 18.2 Å². The average molecular weight is 261 g/mol. The van der Waals surface area contributed by atoms with Crippen molar-refractivity contribution in [2.75, 3.05) is 0 Å². The van der Waals surface area contributed by atoms with Crippen LogP contribution < -0.4 is 0 Å². The Morgan fingerprint density at radius 3 is 2.16 bits per heavy atom. The highest BCUT2D eigenvalue weighted by molar-refractivity contribution is 5.69. The molecule has 0 atom stereocenters. The molecule has 1 nitrogen and oxygen atoms in total. The van der Waals surface area contributed by atoms with Crippen LogP contribution in [0.2, 0.25) is 0 Å². The van der Waals surface area contributed by atoms with E-state index in [0.29, 0.717) is 11.1 Å². The number of hydrogen-bond acceptors (Lipinski definition) is 1. The first kappa shape index (κ1) is 13.2. The number of halogens is 3. The Balaban J connectivity index is 2.46. The Bertz CT molecular complexity index is 634. The van der Waals surface area contributed by atoms with Gasteiger partial charge < -0.3 is 0 Å². The number of nitriles is 1. The Morgan fingerprint density at radius 1 is 1.00 bits per heavy atom. The summed E-state index contributed by atoms with van der Waals surface area (Å²) in [5, 5.41) is 8.85. The highest BCUT2D eigenvalue weighted by Crippen LogP contribution is 2.31. The minimum atomic E-state index is -4.33. The quantitative estimate of drug-likeness (QED) is 0.738. The molecule has 0 saturated carbocycles. The molecule has 2 aromatic rings. The van der Waals surface area contributed by atoms with Crippen LogP contribution in [-0.2, 0) is 6.18 Å². The van der Waals surface area contributed by atoms with Gasteiger partial charge >= 0.3 is 6.18 Å². The highest BCUT2D eigenvalue weighted by Gasteiger charge is 2.29. The SMILES string of the molecule is Cc1ccc(C#N)cc1-c1ccc(C(F)(F)F)cc1. The molecule has 2 aromatic carbocycles. The molecule has 0 heterocycles. The standard InChI is InChI=1S/C15H10F3N/c1-10-2-3-11(9-19)8-14(10)12-4-6-13(7-5-12)15(16,17)18/h2-8H,1H3. The third-order valence-corrected chi connectivity index (χ3v) is 2.89. The maximum atomic E-state index is 12.5. The van der Waals surface area contributed by atoms with Crippen LogP contribution in [0.5, 0.6) is 0 Å². The first-order chi connectivity index (χ1) is 8.91. The second-order valence-corrected chi connectivity index (χ2v) is 4.22. The van der Waals surface area contributed by atoms with Crippen molar-refractivity contribution in [2.45, 2.75) is 13.1 Å². The van der Waals surface area contributed by atoms with Crippen molar-refractivity contribution >= 4 is 0 Å². The summed E-state index contributed by atoms with van der Waals surface area (Å²) < 4.78 is 37.4. The fraction of sp³-hybridized carbons (Fsp3) is 0.133. The van der Waals surface area contributed by atoms with Gasteiger partial charge in [-0.2, -0.15) is 18.4 Å². The van der Waals surface area contributed by atoms with E-state index in [2.05, 4.69) is 0 Å². The van der Waals surface area contributed by atoms with E-state index < -0.39 is 11.7 Å². The Morgan fingerprint density at radius 2 is 1.63 bits per heavy atom. The minimum Gasteiger partial charge on any atom is -0.192 e. The van der Waals surface area contributed by atoms with E-state index in [1.807, 2.05) is 13.0 Å². The molecule has 0 unspecified atom stereocenters. The van der Waals surface area contributed by atoms with Crippen LogP contribution in [0.25, 0.3) is 11.1 Å². The Labute approximate surface area is 108 Å². The van der Waals surface area contributed by atoms with Crippen LogP contribution in [0.15, 0.2) is 42.5 Å². The molecular formula is C15H10F3N. The maximum Gasteiger partial charge on any atom is 0.416 e. The molecule has 2 rings (SSSR count). The van der Waals surface area contributed by atoms with Gasteiger partial charge in [-0.05, 0) is 47.9 Å². The molecule has 0 aromatic heterocycles. The zero-order chi connectivity index (χ0) is 14.0. The van der Waals surface area contributed by atoms with Crippen LogP contribution in [0.3, 0.4) is 0 Å². The van der Waals surface area contributed by atoms with Gasteiger partial charge in [0, 0.05) is 0 Å². The van der Waals surface area contributed by atoms with Gasteiger partial charge in [-0.1, -0.05) is 18.2 Å². The average Bonchev–Trinajstić information content (AvgIpc) is 2.38. The van der Waals surface area contributed by atoms with Crippen molar-refractivity contribution in [3.63, 3.8) is 0 Å². The number of benzene rings is 2. The summed E-state index contributed by atoms with van der Waals surface area (Å²) in [5.41, 5.74) is 2.17. The van der Waals surface area contributed by atoms with E-state index in [9.17, 15) is 13.2 Å². The Kier molecular flexibility index (Phi) is 3.30. The van der Waals surface area contributed by atoms with Gasteiger partial charge in [0.25, 0.3) is 0 Å². The van der Waals surface area contributed by atoms with Crippen LogP contribution in [0.4, 0.5) is 13.2 Å². The van der Waals surface area contributed by atoms with Gasteiger partial charge in [-0.25, -0.2) is 0 Å². The molecule has 0 amide bonds. The van der Waals surface area contributed by atoms with Gasteiger partial charge in [-0.3, -0.25) is 0 Å². The van der Waals surface area contributed by atoms with Crippen LogP contribution in [-0.4, -0.2) is 0 Å². The first-order valence-corrected chi connectivity index (χ1v) is 5.60. The summed E-state index contributed by atoms with van der Waals surface area (Å²) in [6.07, 6.45) is -4.33. The topological polar surface area (TPSA) is 23.8 Å². The molecule has 0 N–H and O–H groups in total. The van der Waals surface area contributed by atoms with Crippen molar-refractivity contribution in [1.29, 1.82) is 5.26 Å². The van der Waals surface area contributed by atoms with Crippen molar-refractivity contribution in [2.24, 2.45) is 0 Å². The smallest absolute Gasteiger partial charge is 0.192 e. The first-order valence-electron chi connectivity index (χ1n) is 5.60. The molecule has 0 saturated heterocycles. The lowest BCUT2D eigenvalue weighted by Crippen LogP contribution is -2.04. The predicted molar refractivity (Wildman–Crippen MR) is 66.3 cm³/mol. The van der Waals surface area contributed by atoms with E-state index >= 15 is 0 Å². The van der Waals surface area contributed by atoms with Gasteiger partial charge in [-0.15, -0.1) is 0 Å². The van der Waals surface area contributed by atoms with Gasteiger partial charge in [0.2, 0.25) is 0 Å². The largest absolute Gasteiger partial charge is 0.416 e. The normalized spacial score (nSPS) is 11.1. The van der Waals surface area contributed by atoms with Crippen molar-refractivity contribution in [3.05, 3.63) is 59.2 Å². The zero-order valence-electron chi connectivity index (χ0n) is 10.1. The number of alkyl halides is 3. The summed E-state index contributed by atoms with van der Waals surface area (Å²) in [4.78, 5) is 0. The van der Waals surface area contributed by atoms with E-state index in [1.165, 1.54) is 12.1 Å². The molecular weight excluding hydrogens is 251 g/mol. The lowest BCUT2D eigenvalue weighted by atomic mass is 9.97. The summed E-state index contributed by atoms with van der Waals surface area (Å²) in [5.74, 6) is 0. The summed E-state index contributed by atoms with van der Waals surface area (Å²) in [6, 6.07) is 12.1. The van der Waals surface area contributed by atoms with Gasteiger partial charge in [0.05, 0.1) is 17.2 Å². The molecule has 0 aliphatic heterocycles. The monoisotopic (exact) mass is 261 g/mol. The highest BCUT2D eigenvalue weighted by atomic mass is 19.4. The summed E-state index contributed by atoms with van der Waals surface area (Å²) >= 11 is 0. The number of nitrogens with zero attached hydrogens (tertiary/aromatic N) is 1. The molecule has 0 spiro atoms. The summed E-state index contributed by atoms with van der Waals surface area (Å²) in [7, 11) is 0. The van der Waals surface area contributed by atoms with Crippen LogP contribution in [0, 0.1) is 18.3 Å². The van der Waals surface area contributed by atoms with E-state index in [4.69, 9.17) is 5.26 Å². The molecule has 4 heteroatoms. The van der Waals surface area contributed by atoms with Crippen LogP contribution >= 0.6 is 0 Å². The fourth-order valence-electron chi connectivity index (χ4n) is 1.84. The second-order valence-electron chi connectivity index (χ2n) is 4.22. The zero-order valence-corrected chi connectivity index (χ0v) is 10.1. The lowest BCUT2D eigenvalue weighted by Gasteiger charge is -2.09. The molecule has 0 radical (unpaired) electrons. The van der Waals surface area contributed by atoms with Crippen molar-refractivity contribution in [1.82, 2.24) is 0 Å². The molecule has 0 aliphatic carbocycles. The Hall–Kier alpha value is -2.28. The molecule has 0 fully saturated rings. The third-order valence-electron chi connectivity index (χ3n) is 2.89. The van der Waals surface area contributed by atoms with E-state index in [-0.39, 0.29) is 0 Å². The molecule has 96 valence electrons. The van der Waals surface area contributed by atoms with E-state index in [0.717, 1.165) is 23.3 Å². The molecule has 0 aliphatic rings. The second kappa shape index (κ2) is 4.77.